The lowest BCUT2D eigenvalue weighted by molar-refractivity contribution is 0.254. The quantitative estimate of drug-likeness (QED) is 0.597. The van der Waals surface area contributed by atoms with E-state index in [-0.39, 0.29) is 0 Å². The van der Waals surface area contributed by atoms with Crippen molar-refractivity contribution in [3.05, 3.63) is 18.3 Å². The molecule has 2 heterocycles. The number of fused-ring (bicyclic) bond motifs is 1. The highest BCUT2D eigenvalue weighted by molar-refractivity contribution is 5.91. The lowest BCUT2D eigenvalue weighted by Gasteiger charge is -2.21. The van der Waals surface area contributed by atoms with Gasteiger partial charge in [0.15, 0.2) is 0 Å². The van der Waals surface area contributed by atoms with Gasteiger partial charge in [0.2, 0.25) is 0 Å². The zero-order chi connectivity index (χ0) is 8.55. The number of urea groups is 1. The molecule has 0 aliphatic carbocycles. The first-order valence-corrected chi connectivity index (χ1v) is 3.56. The number of aromatic nitrogens is 2. The molecule has 1 aliphatic heterocycles. The zero-order valence-electron chi connectivity index (χ0n) is 6.34. The fourth-order valence-corrected chi connectivity index (χ4v) is 1.18. The molecule has 0 saturated carbocycles. The van der Waals surface area contributed by atoms with E-state index in [2.05, 4.69) is 5.10 Å². The lowest BCUT2D eigenvalue weighted by atomic mass is 10.4. The van der Waals surface area contributed by atoms with Gasteiger partial charge in [-0.3, -0.25) is 4.90 Å². The minimum atomic E-state index is -0.457. The number of hydrogen-bond donors (Lipinski definition) is 1. The third kappa shape index (κ3) is 0.868. The van der Waals surface area contributed by atoms with Crippen LogP contribution >= 0.6 is 0 Å². The highest BCUT2D eigenvalue weighted by Gasteiger charge is 2.17. The Morgan fingerprint density at radius 2 is 2.50 bits per heavy atom. The van der Waals surface area contributed by atoms with Crippen LogP contribution in [0.1, 0.15) is 0 Å². The minimum Gasteiger partial charge on any atom is -0.351 e. The van der Waals surface area contributed by atoms with Crippen LogP contribution in [0.3, 0.4) is 0 Å². The van der Waals surface area contributed by atoms with Crippen LogP contribution in [0.15, 0.2) is 18.3 Å². The minimum absolute atomic E-state index is 0.457. The predicted octanol–water partition coefficient (Wildman–Crippen LogP) is 0.252. The summed E-state index contributed by atoms with van der Waals surface area (Å²) in [5.74, 6) is 0.713. The van der Waals surface area contributed by atoms with Crippen molar-refractivity contribution in [2.24, 2.45) is 5.73 Å². The van der Waals surface area contributed by atoms with Gasteiger partial charge in [0.1, 0.15) is 5.82 Å². The summed E-state index contributed by atoms with van der Waals surface area (Å²) in [6.07, 6.45) is 5.25. The number of hydrogen-bond acceptors (Lipinski definition) is 2. The Balaban J connectivity index is 2.45. The highest BCUT2D eigenvalue weighted by atomic mass is 16.2. The van der Waals surface area contributed by atoms with Gasteiger partial charge < -0.3 is 5.73 Å². The molecule has 0 aromatic carbocycles. The molecule has 0 spiro atoms. The van der Waals surface area contributed by atoms with Gasteiger partial charge in [-0.15, -0.1) is 0 Å². The van der Waals surface area contributed by atoms with Crippen LogP contribution in [0.2, 0.25) is 0 Å². The summed E-state index contributed by atoms with van der Waals surface area (Å²) in [6, 6.07) is 1.29. The Kier molecular flexibility index (Phi) is 1.36. The molecule has 2 N–H and O–H groups in total. The van der Waals surface area contributed by atoms with Gasteiger partial charge in [-0.2, -0.15) is 5.10 Å². The number of carbonyl (C=O) groups is 1. The fraction of sp³-hybridized carbons (Fsp3) is 0.143. The number of primary amides is 1. The maximum Gasteiger partial charge on any atom is 0.320 e. The lowest BCUT2D eigenvalue weighted by Crippen LogP contribution is -2.38. The molecule has 2 amide bonds. The van der Waals surface area contributed by atoms with Crippen LogP contribution in [0.5, 0.6) is 0 Å². The molecule has 0 radical (unpaired) electrons. The van der Waals surface area contributed by atoms with Crippen LogP contribution in [-0.2, 0) is 0 Å². The maximum absolute atomic E-state index is 10.9. The first-order chi connectivity index (χ1) is 5.79. The van der Waals surface area contributed by atoms with Gasteiger partial charge in [-0.1, -0.05) is 0 Å². The number of amides is 2. The van der Waals surface area contributed by atoms with Crippen molar-refractivity contribution in [3.8, 4) is 0 Å². The second kappa shape index (κ2) is 2.37. The summed E-state index contributed by atoms with van der Waals surface area (Å²) in [6.45, 7) is 0.515. The topological polar surface area (TPSA) is 64.2 Å². The third-order valence-corrected chi connectivity index (χ3v) is 1.73. The summed E-state index contributed by atoms with van der Waals surface area (Å²) in [4.78, 5) is 12.3. The second-order valence-electron chi connectivity index (χ2n) is 2.47. The van der Waals surface area contributed by atoms with E-state index in [0.29, 0.717) is 12.4 Å². The summed E-state index contributed by atoms with van der Waals surface area (Å²) >= 11 is 0. The molecule has 12 heavy (non-hydrogen) atoms. The molecule has 62 valence electrons. The SMILES string of the molecule is NC(=O)N1CC=Cn2nccc21. The van der Waals surface area contributed by atoms with E-state index in [1.807, 2.05) is 6.08 Å². The van der Waals surface area contributed by atoms with E-state index in [0.717, 1.165) is 0 Å². The Morgan fingerprint density at radius 3 is 3.25 bits per heavy atom. The first-order valence-electron chi connectivity index (χ1n) is 3.56. The van der Waals surface area contributed by atoms with E-state index in [1.165, 1.54) is 4.90 Å². The van der Waals surface area contributed by atoms with E-state index < -0.39 is 6.03 Å². The molecule has 5 heteroatoms. The summed E-state index contributed by atoms with van der Waals surface area (Å²) in [5, 5.41) is 3.97. The molecule has 1 aromatic rings. The summed E-state index contributed by atoms with van der Waals surface area (Å²) in [5.41, 5.74) is 5.15. The molecule has 2 rings (SSSR count). The number of nitrogens with two attached hydrogens (primary N) is 1. The van der Waals surface area contributed by atoms with Crippen LogP contribution in [-0.4, -0.2) is 22.4 Å². The van der Waals surface area contributed by atoms with Gasteiger partial charge in [0.25, 0.3) is 0 Å². The standard InChI is InChI=1S/C7H8N4O/c8-7(12)10-4-1-5-11-6(10)2-3-9-11/h1-3,5H,4H2,(H2,8,12). The van der Waals surface area contributed by atoms with Gasteiger partial charge in [0.05, 0.1) is 6.20 Å². The highest BCUT2D eigenvalue weighted by Crippen LogP contribution is 2.16. The second-order valence-corrected chi connectivity index (χ2v) is 2.47. The van der Waals surface area contributed by atoms with Crippen molar-refractivity contribution in [3.63, 3.8) is 0 Å². The fourth-order valence-electron chi connectivity index (χ4n) is 1.18. The molecular weight excluding hydrogens is 156 g/mol. The van der Waals surface area contributed by atoms with Gasteiger partial charge in [-0.25, -0.2) is 9.48 Å². The Labute approximate surface area is 69.1 Å². The molecule has 0 unspecified atom stereocenters. The monoisotopic (exact) mass is 164 g/mol. The van der Waals surface area contributed by atoms with Gasteiger partial charge in [-0.05, 0) is 6.08 Å². The van der Waals surface area contributed by atoms with E-state index in [4.69, 9.17) is 5.73 Å². The van der Waals surface area contributed by atoms with Crippen molar-refractivity contribution in [1.29, 1.82) is 0 Å². The third-order valence-electron chi connectivity index (χ3n) is 1.73. The Morgan fingerprint density at radius 1 is 1.67 bits per heavy atom. The summed E-state index contributed by atoms with van der Waals surface area (Å²) < 4.78 is 1.61. The largest absolute Gasteiger partial charge is 0.351 e. The van der Waals surface area contributed by atoms with E-state index in [9.17, 15) is 4.79 Å². The molecule has 0 atom stereocenters. The average Bonchev–Trinajstić information content (AvgIpc) is 2.49. The number of anilines is 1. The normalized spacial score (nSPS) is 14.5. The van der Waals surface area contributed by atoms with Crippen LogP contribution in [0.4, 0.5) is 10.6 Å². The maximum atomic E-state index is 10.9. The van der Waals surface area contributed by atoms with Crippen LogP contribution in [0, 0.1) is 0 Å². The van der Waals surface area contributed by atoms with Crippen LogP contribution in [0.25, 0.3) is 6.20 Å². The predicted molar refractivity (Wildman–Crippen MR) is 44.5 cm³/mol. The van der Waals surface area contributed by atoms with Gasteiger partial charge in [0, 0.05) is 18.8 Å². The zero-order valence-corrected chi connectivity index (χ0v) is 6.34. The number of nitrogens with zero attached hydrogens (tertiary/aromatic N) is 3. The molecule has 1 aliphatic rings. The summed E-state index contributed by atoms with van der Waals surface area (Å²) in [7, 11) is 0. The molecular formula is C7H8N4O. The van der Waals surface area contributed by atoms with E-state index in [1.54, 1.807) is 23.1 Å². The molecule has 5 nitrogen and oxygen atoms in total. The van der Waals surface area contributed by atoms with E-state index >= 15 is 0 Å². The van der Waals surface area contributed by atoms with Crippen molar-refractivity contribution in [2.45, 2.75) is 0 Å². The van der Waals surface area contributed by atoms with Crippen molar-refractivity contribution in [2.75, 3.05) is 11.4 Å². The Bertz CT molecular complexity index is 341. The smallest absolute Gasteiger partial charge is 0.320 e. The first kappa shape index (κ1) is 6.90. The molecule has 1 aromatic heterocycles. The average molecular weight is 164 g/mol. The molecule has 0 bridgehead atoms. The van der Waals surface area contributed by atoms with Crippen molar-refractivity contribution >= 4 is 18.0 Å². The Hall–Kier alpha value is -1.78. The van der Waals surface area contributed by atoms with Crippen molar-refractivity contribution < 1.29 is 4.79 Å². The van der Waals surface area contributed by atoms with Crippen LogP contribution < -0.4 is 10.6 Å². The molecule has 0 fully saturated rings. The number of rotatable bonds is 0. The molecule has 0 saturated heterocycles. The van der Waals surface area contributed by atoms with Crippen molar-refractivity contribution in [1.82, 2.24) is 9.78 Å². The number of carbonyl (C=O) groups excluding carboxylic acids is 1. The van der Waals surface area contributed by atoms with Gasteiger partial charge >= 0.3 is 6.03 Å².